The van der Waals surface area contributed by atoms with E-state index in [-0.39, 0.29) is 5.41 Å². The van der Waals surface area contributed by atoms with E-state index in [1.807, 2.05) is 18.2 Å². The number of aromatic nitrogens is 1. The summed E-state index contributed by atoms with van der Waals surface area (Å²) in [5.74, 6) is 0.782. The Labute approximate surface area is 141 Å². The van der Waals surface area contributed by atoms with E-state index in [0.29, 0.717) is 5.41 Å². The molecule has 0 aliphatic heterocycles. The zero-order chi connectivity index (χ0) is 16.1. The number of hydrogen-bond acceptors (Lipinski definition) is 4. The fourth-order valence-electron chi connectivity index (χ4n) is 4.28. The van der Waals surface area contributed by atoms with Gasteiger partial charge in [0.25, 0.3) is 0 Å². The van der Waals surface area contributed by atoms with Gasteiger partial charge in [-0.3, -0.25) is 5.43 Å². The van der Waals surface area contributed by atoms with Gasteiger partial charge >= 0.3 is 0 Å². The summed E-state index contributed by atoms with van der Waals surface area (Å²) in [7, 11) is 0. The molecule has 3 nitrogen and oxygen atoms in total. The summed E-state index contributed by atoms with van der Waals surface area (Å²) in [4.78, 5) is 4.66. The molecule has 0 amide bonds. The molecule has 2 bridgehead atoms. The number of hydrazone groups is 1. The van der Waals surface area contributed by atoms with E-state index < -0.39 is 0 Å². The molecule has 23 heavy (non-hydrogen) atoms. The molecule has 1 aromatic heterocycles. The molecular weight excluding hydrogens is 302 g/mol. The first-order valence-corrected chi connectivity index (χ1v) is 9.23. The third kappa shape index (κ3) is 2.23. The number of thiazole rings is 1. The third-order valence-electron chi connectivity index (χ3n) is 6.37. The molecule has 4 rings (SSSR count). The van der Waals surface area contributed by atoms with Crippen LogP contribution in [-0.4, -0.2) is 10.7 Å². The zero-order valence-electron chi connectivity index (χ0n) is 14.0. The molecule has 1 heterocycles. The summed E-state index contributed by atoms with van der Waals surface area (Å²) in [6.07, 6.45) is 3.74. The number of benzene rings is 1. The molecule has 2 saturated carbocycles. The van der Waals surface area contributed by atoms with Gasteiger partial charge in [-0.15, -0.1) is 11.3 Å². The lowest BCUT2D eigenvalue weighted by atomic mass is 9.70. The van der Waals surface area contributed by atoms with Crippen molar-refractivity contribution in [1.29, 1.82) is 0 Å². The van der Waals surface area contributed by atoms with Crippen LogP contribution in [0, 0.1) is 16.7 Å². The quantitative estimate of drug-likeness (QED) is 0.765. The molecule has 2 atom stereocenters. The highest BCUT2D eigenvalue weighted by Crippen LogP contribution is 2.63. The summed E-state index contributed by atoms with van der Waals surface area (Å²) in [6, 6.07) is 10.3. The Morgan fingerprint density at radius 2 is 2.00 bits per heavy atom. The van der Waals surface area contributed by atoms with Crippen molar-refractivity contribution >= 4 is 22.2 Å². The Balaban J connectivity index is 1.53. The summed E-state index contributed by atoms with van der Waals surface area (Å²) in [5, 5.41) is 7.73. The van der Waals surface area contributed by atoms with Crippen LogP contribution in [0.2, 0.25) is 0 Å². The number of nitrogens with one attached hydrogen (secondary N) is 1. The van der Waals surface area contributed by atoms with Gasteiger partial charge in [-0.05, 0) is 30.6 Å². The fraction of sp³-hybridized carbons (Fsp3) is 0.474. The first-order valence-electron chi connectivity index (χ1n) is 8.35. The standard InChI is InChI=1S/C19H23N3S/c1-18(2)14-9-10-19(18,3)16(11-14)21-22-17-20-15(12-23-17)13-7-5-4-6-8-13/h4-8,12,14H,9-11H2,1-3H3,(H,20,22)/b21-16-/t14-,19-/m1/s1. The molecule has 120 valence electrons. The van der Waals surface area contributed by atoms with E-state index >= 15 is 0 Å². The first kappa shape index (κ1) is 14.9. The Hall–Kier alpha value is -1.68. The normalized spacial score (nSPS) is 30.0. The maximum atomic E-state index is 4.77. The van der Waals surface area contributed by atoms with E-state index in [1.54, 1.807) is 11.3 Å². The van der Waals surface area contributed by atoms with Crippen molar-refractivity contribution < 1.29 is 0 Å². The SMILES string of the molecule is CC1(C)[C@@H]2CC[C@]1(C)/C(=N\Nc1nc(-c3ccccc3)cs1)C2. The summed E-state index contributed by atoms with van der Waals surface area (Å²) < 4.78 is 0. The largest absolute Gasteiger partial charge is 0.253 e. The van der Waals surface area contributed by atoms with Crippen molar-refractivity contribution in [3.8, 4) is 11.3 Å². The molecule has 0 spiro atoms. The van der Waals surface area contributed by atoms with Crippen molar-refractivity contribution in [2.45, 2.75) is 40.0 Å². The second-order valence-electron chi connectivity index (χ2n) is 7.57. The van der Waals surface area contributed by atoms with Crippen LogP contribution >= 0.6 is 11.3 Å². The second-order valence-corrected chi connectivity index (χ2v) is 8.43. The Morgan fingerprint density at radius 1 is 1.22 bits per heavy atom. The van der Waals surface area contributed by atoms with Crippen molar-refractivity contribution in [1.82, 2.24) is 4.98 Å². The number of rotatable bonds is 3. The van der Waals surface area contributed by atoms with Crippen molar-refractivity contribution in [3.05, 3.63) is 35.7 Å². The van der Waals surface area contributed by atoms with Gasteiger partial charge in [0, 0.05) is 22.1 Å². The maximum absolute atomic E-state index is 4.77. The molecule has 0 unspecified atom stereocenters. The van der Waals surface area contributed by atoms with Gasteiger partial charge in [0.05, 0.1) is 5.69 Å². The molecule has 0 radical (unpaired) electrons. The van der Waals surface area contributed by atoms with Gasteiger partial charge < -0.3 is 0 Å². The summed E-state index contributed by atoms with van der Waals surface area (Å²) in [6.45, 7) is 7.20. The van der Waals surface area contributed by atoms with Crippen LogP contribution < -0.4 is 5.43 Å². The van der Waals surface area contributed by atoms with Crippen LogP contribution in [0.25, 0.3) is 11.3 Å². The van der Waals surface area contributed by atoms with E-state index in [2.05, 4.69) is 48.7 Å². The Kier molecular flexibility index (Phi) is 3.34. The minimum absolute atomic E-state index is 0.240. The smallest absolute Gasteiger partial charge is 0.203 e. The third-order valence-corrected chi connectivity index (χ3v) is 7.12. The van der Waals surface area contributed by atoms with Crippen LogP contribution in [0.15, 0.2) is 40.8 Å². The van der Waals surface area contributed by atoms with Crippen LogP contribution in [-0.2, 0) is 0 Å². The van der Waals surface area contributed by atoms with Gasteiger partial charge in [-0.1, -0.05) is 51.1 Å². The van der Waals surface area contributed by atoms with Crippen molar-refractivity contribution in [3.63, 3.8) is 0 Å². The minimum atomic E-state index is 0.240. The number of fused-ring (bicyclic) bond motifs is 2. The maximum Gasteiger partial charge on any atom is 0.203 e. The Morgan fingerprint density at radius 3 is 2.65 bits per heavy atom. The Bertz CT molecular complexity index is 747. The molecular formula is C19H23N3S. The first-order chi connectivity index (χ1) is 11.0. The zero-order valence-corrected chi connectivity index (χ0v) is 14.8. The van der Waals surface area contributed by atoms with E-state index in [1.165, 1.54) is 18.6 Å². The second kappa shape index (κ2) is 5.17. The lowest BCUT2D eigenvalue weighted by Crippen LogP contribution is -2.32. The predicted octanol–water partition coefficient (Wildman–Crippen LogP) is 5.42. The highest BCUT2D eigenvalue weighted by molar-refractivity contribution is 7.14. The molecule has 2 aliphatic carbocycles. The van der Waals surface area contributed by atoms with E-state index in [9.17, 15) is 0 Å². The minimum Gasteiger partial charge on any atom is -0.253 e. The van der Waals surface area contributed by atoms with E-state index in [4.69, 9.17) is 5.10 Å². The van der Waals surface area contributed by atoms with Crippen molar-refractivity contribution in [2.24, 2.45) is 21.8 Å². The van der Waals surface area contributed by atoms with E-state index in [0.717, 1.165) is 28.7 Å². The van der Waals surface area contributed by atoms with Crippen LogP contribution in [0.5, 0.6) is 0 Å². The van der Waals surface area contributed by atoms with Gasteiger partial charge in [-0.2, -0.15) is 5.10 Å². The molecule has 4 heteroatoms. The average molecular weight is 325 g/mol. The summed E-state index contributed by atoms with van der Waals surface area (Å²) in [5.41, 5.74) is 7.32. The number of hydrogen-bond donors (Lipinski definition) is 1. The molecule has 1 N–H and O–H groups in total. The molecule has 2 aliphatic rings. The number of anilines is 1. The van der Waals surface area contributed by atoms with Gasteiger partial charge in [-0.25, -0.2) is 4.98 Å². The topological polar surface area (TPSA) is 37.3 Å². The fourth-order valence-corrected chi connectivity index (χ4v) is 4.94. The summed E-state index contributed by atoms with van der Waals surface area (Å²) >= 11 is 1.62. The van der Waals surface area contributed by atoms with Gasteiger partial charge in [0.15, 0.2) is 0 Å². The van der Waals surface area contributed by atoms with Crippen LogP contribution in [0.1, 0.15) is 40.0 Å². The highest BCUT2D eigenvalue weighted by atomic mass is 32.1. The van der Waals surface area contributed by atoms with Gasteiger partial charge in [0.2, 0.25) is 5.13 Å². The van der Waals surface area contributed by atoms with Crippen LogP contribution in [0.4, 0.5) is 5.13 Å². The lowest BCUT2D eigenvalue weighted by molar-refractivity contribution is 0.194. The van der Waals surface area contributed by atoms with Crippen LogP contribution in [0.3, 0.4) is 0 Å². The van der Waals surface area contributed by atoms with Crippen molar-refractivity contribution in [2.75, 3.05) is 5.43 Å². The average Bonchev–Trinajstić information content (AvgIpc) is 3.16. The lowest BCUT2D eigenvalue weighted by Gasteiger charge is -2.34. The molecule has 2 fully saturated rings. The molecule has 1 aromatic carbocycles. The monoisotopic (exact) mass is 325 g/mol. The highest BCUT2D eigenvalue weighted by Gasteiger charge is 2.59. The predicted molar refractivity (Wildman–Crippen MR) is 97.8 cm³/mol. The molecule has 0 saturated heterocycles. The number of nitrogens with zero attached hydrogens (tertiary/aromatic N) is 2. The van der Waals surface area contributed by atoms with Gasteiger partial charge in [0.1, 0.15) is 0 Å². The molecule has 2 aromatic rings.